The number of rotatable bonds is 10. The summed E-state index contributed by atoms with van der Waals surface area (Å²) >= 11 is 0. The van der Waals surface area contributed by atoms with Crippen molar-refractivity contribution in [3.63, 3.8) is 0 Å². The van der Waals surface area contributed by atoms with Crippen LogP contribution in [0.15, 0.2) is 146 Å². The Morgan fingerprint density at radius 2 is 0.972 bits per heavy atom. The van der Waals surface area contributed by atoms with Crippen LogP contribution >= 0.6 is 0 Å². The number of nitrogens with zero attached hydrogens (tertiary/aromatic N) is 11. The lowest BCUT2D eigenvalue weighted by molar-refractivity contribution is 0.404. The molecule has 71 heavy (non-hydrogen) atoms. The Kier molecular flexibility index (Phi) is 13.7. The summed E-state index contributed by atoms with van der Waals surface area (Å²) in [6, 6.07) is 39.1. The van der Waals surface area contributed by atoms with E-state index in [1.165, 1.54) is 0 Å². The van der Waals surface area contributed by atoms with Crippen molar-refractivity contribution < 1.29 is 15.3 Å². The molecule has 5 aromatic heterocycles. The standard InChI is InChI=1S/C19H22N6O.C17H16N4O.C16H16N6O/c1-13-11-24(12-14(2)21-13)19-7-6-17(22-23-19)16-5-4-15(10-18(16)26)25-9-3-8-20-25;22-16-8-12-4-2-1-3-11(12)7-14(16)15-5-6-17(21-20-15)19-13-9-18-10-13;23-15-8-12(22-7-1-6-18-22)2-3-13(15)14-4-5-16(21-20-14)19-11-9-17-10-11/h3-10,13-14,21,26H,11-12H2,1-2H3;1-8,13,18,22H,9-10H2,(H,19,21);1-8,11,17,23H,9-10H2,(H,19,21). The quantitative estimate of drug-likeness (QED) is 0.0782. The Hall–Kier alpha value is -8.52. The number of phenolic OH excluding ortho intramolecular Hbond substituents is 3. The molecule has 3 saturated heterocycles. The molecule has 8 N–H and O–H groups in total. The van der Waals surface area contributed by atoms with Gasteiger partial charge >= 0.3 is 0 Å². The zero-order chi connectivity index (χ0) is 48.7. The molecule has 19 nitrogen and oxygen atoms in total. The topological polar surface area (TPSA) is 237 Å². The molecule has 12 rings (SSSR count). The highest BCUT2D eigenvalue weighted by atomic mass is 16.3. The van der Waals surface area contributed by atoms with Crippen molar-refractivity contribution in [3.8, 4) is 62.4 Å². The number of nitrogens with one attached hydrogen (secondary N) is 5. The molecule has 8 heterocycles. The SMILES string of the molecule is CC1CN(c2ccc(-c3ccc(-n4cccn4)cc3O)nn2)CC(C)N1.Oc1cc(-n2cccn2)ccc1-c1ccc(NC2CNC2)nn1.Oc1cc2ccccc2cc1-c1ccc(NC2CNC2)nn1. The van der Waals surface area contributed by atoms with E-state index in [1.807, 2.05) is 116 Å². The molecule has 2 atom stereocenters. The first-order valence-electron chi connectivity index (χ1n) is 23.5. The van der Waals surface area contributed by atoms with Crippen molar-refractivity contribution in [1.82, 2.24) is 66.1 Å². The molecular formula is C52H54N16O3. The van der Waals surface area contributed by atoms with Gasteiger partial charge in [-0.05, 0) is 110 Å². The van der Waals surface area contributed by atoms with Gasteiger partial charge in [0.15, 0.2) is 5.82 Å². The maximum Gasteiger partial charge on any atom is 0.151 e. The van der Waals surface area contributed by atoms with Gasteiger partial charge in [0, 0.05) is 105 Å². The van der Waals surface area contributed by atoms with E-state index in [4.69, 9.17) is 0 Å². The summed E-state index contributed by atoms with van der Waals surface area (Å²) in [5.74, 6) is 2.89. The first kappa shape index (κ1) is 46.2. The first-order valence-corrected chi connectivity index (χ1v) is 23.5. The largest absolute Gasteiger partial charge is 0.507 e. The van der Waals surface area contributed by atoms with E-state index in [2.05, 4.69) is 86.1 Å². The number of hydrogen-bond donors (Lipinski definition) is 8. The minimum atomic E-state index is 0.149. The fraction of sp³-hybridized carbons (Fsp3) is 0.231. The van der Waals surface area contributed by atoms with Crippen molar-refractivity contribution in [1.29, 1.82) is 0 Å². The van der Waals surface area contributed by atoms with E-state index in [9.17, 15) is 15.3 Å². The van der Waals surface area contributed by atoms with Crippen molar-refractivity contribution in [2.24, 2.45) is 0 Å². The Balaban J connectivity index is 0.000000123. The summed E-state index contributed by atoms with van der Waals surface area (Å²) < 4.78 is 3.39. The van der Waals surface area contributed by atoms with E-state index < -0.39 is 0 Å². The Labute approximate surface area is 409 Å². The van der Waals surface area contributed by atoms with Crippen LogP contribution < -0.4 is 31.5 Å². The number of fused-ring (bicyclic) bond motifs is 1. The number of piperazine rings is 1. The normalized spacial score (nSPS) is 16.7. The van der Waals surface area contributed by atoms with Crippen molar-refractivity contribution in [2.45, 2.75) is 38.0 Å². The molecule has 0 aliphatic carbocycles. The molecule has 3 fully saturated rings. The third-order valence-corrected chi connectivity index (χ3v) is 12.3. The molecule has 2 unspecified atom stereocenters. The van der Waals surface area contributed by atoms with Crippen LogP contribution in [-0.2, 0) is 0 Å². The monoisotopic (exact) mass is 950 g/mol. The van der Waals surface area contributed by atoms with Crippen LogP contribution in [0.4, 0.5) is 17.5 Å². The van der Waals surface area contributed by atoms with Gasteiger partial charge in [-0.25, -0.2) is 9.36 Å². The third kappa shape index (κ3) is 11.0. The molecule has 3 aliphatic rings. The first-order chi connectivity index (χ1) is 34.7. The van der Waals surface area contributed by atoms with Gasteiger partial charge in [-0.2, -0.15) is 10.2 Å². The summed E-state index contributed by atoms with van der Waals surface area (Å²) in [5.41, 5.74) is 5.53. The van der Waals surface area contributed by atoms with Crippen LogP contribution in [0.25, 0.3) is 55.9 Å². The Morgan fingerprint density at radius 1 is 0.493 bits per heavy atom. The highest BCUT2D eigenvalue weighted by Gasteiger charge is 2.23. The van der Waals surface area contributed by atoms with Crippen molar-refractivity contribution in [2.75, 3.05) is 54.8 Å². The number of anilines is 3. The lowest BCUT2D eigenvalue weighted by Gasteiger charge is -2.36. The summed E-state index contributed by atoms with van der Waals surface area (Å²) in [7, 11) is 0. The van der Waals surface area contributed by atoms with Crippen LogP contribution in [0.5, 0.6) is 17.2 Å². The maximum absolute atomic E-state index is 10.4. The number of benzene rings is 4. The van der Waals surface area contributed by atoms with E-state index in [0.29, 0.717) is 57.9 Å². The van der Waals surface area contributed by atoms with Crippen molar-refractivity contribution >= 4 is 28.2 Å². The molecule has 0 radical (unpaired) electrons. The minimum absolute atomic E-state index is 0.149. The van der Waals surface area contributed by atoms with E-state index in [1.54, 1.807) is 40.0 Å². The molecule has 4 aromatic carbocycles. The molecule has 3 aliphatic heterocycles. The van der Waals surface area contributed by atoms with Crippen LogP contribution in [0.2, 0.25) is 0 Å². The number of aromatic nitrogens is 10. The number of hydrogen-bond acceptors (Lipinski definition) is 17. The maximum atomic E-state index is 10.4. The van der Waals surface area contributed by atoms with Crippen LogP contribution in [0.3, 0.4) is 0 Å². The Morgan fingerprint density at radius 3 is 1.39 bits per heavy atom. The lowest BCUT2D eigenvalue weighted by Crippen LogP contribution is -2.54. The van der Waals surface area contributed by atoms with E-state index in [0.717, 1.165) is 78.9 Å². The smallest absolute Gasteiger partial charge is 0.151 e. The lowest BCUT2D eigenvalue weighted by atomic mass is 10.0. The van der Waals surface area contributed by atoms with E-state index >= 15 is 0 Å². The highest BCUT2D eigenvalue weighted by Crippen LogP contribution is 2.34. The summed E-state index contributed by atoms with van der Waals surface area (Å²) in [6.45, 7) is 9.94. The summed E-state index contributed by atoms with van der Waals surface area (Å²) in [5, 5.41) is 83.3. The molecule has 0 amide bonds. The van der Waals surface area contributed by atoms with E-state index in [-0.39, 0.29) is 17.2 Å². The van der Waals surface area contributed by atoms with Gasteiger partial charge in [0.25, 0.3) is 0 Å². The zero-order valence-electron chi connectivity index (χ0n) is 39.2. The fourth-order valence-electron chi connectivity index (χ4n) is 8.49. The van der Waals surface area contributed by atoms with Crippen LogP contribution in [-0.4, -0.2) is 129 Å². The molecule has 0 spiro atoms. The van der Waals surface area contributed by atoms with Gasteiger partial charge in [-0.1, -0.05) is 24.3 Å². The van der Waals surface area contributed by atoms with Gasteiger partial charge in [-0.3, -0.25) is 0 Å². The minimum Gasteiger partial charge on any atom is -0.507 e. The molecule has 360 valence electrons. The average molecular weight is 951 g/mol. The van der Waals surface area contributed by atoms with Gasteiger partial charge in [-0.15, -0.1) is 30.6 Å². The van der Waals surface area contributed by atoms with Gasteiger partial charge < -0.3 is 46.8 Å². The second-order valence-corrected chi connectivity index (χ2v) is 17.8. The number of aromatic hydroxyl groups is 3. The average Bonchev–Trinajstić information content (AvgIpc) is 4.11. The molecule has 0 saturated carbocycles. The zero-order valence-corrected chi connectivity index (χ0v) is 39.2. The van der Waals surface area contributed by atoms with Crippen LogP contribution in [0, 0.1) is 0 Å². The molecule has 0 bridgehead atoms. The van der Waals surface area contributed by atoms with Gasteiger partial charge in [0.1, 0.15) is 28.9 Å². The number of phenols is 3. The second kappa shape index (κ2) is 21.0. The predicted molar refractivity (Wildman–Crippen MR) is 274 cm³/mol. The fourth-order valence-corrected chi connectivity index (χ4v) is 8.49. The van der Waals surface area contributed by atoms with Gasteiger partial charge in [0.05, 0.1) is 40.5 Å². The molecule has 19 heteroatoms. The summed E-state index contributed by atoms with van der Waals surface area (Å²) in [4.78, 5) is 2.24. The van der Waals surface area contributed by atoms with Crippen molar-refractivity contribution in [3.05, 3.63) is 146 Å². The molecular weight excluding hydrogens is 897 g/mol. The Bertz CT molecular complexity index is 3160. The van der Waals surface area contributed by atoms with Gasteiger partial charge in [0.2, 0.25) is 0 Å². The van der Waals surface area contributed by atoms with Crippen LogP contribution in [0.1, 0.15) is 13.8 Å². The highest BCUT2D eigenvalue weighted by molar-refractivity contribution is 5.90. The summed E-state index contributed by atoms with van der Waals surface area (Å²) in [6.07, 6.45) is 7.05. The predicted octanol–water partition coefficient (Wildman–Crippen LogP) is 6.03. The third-order valence-electron chi connectivity index (χ3n) is 12.3. The molecule has 9 aromatic rings. The second-order valence-electron chi connectivity index (χ2n) is 17.8.